The van der Waals surface area contributed by atoms with Crippen LogP contribution in [0.25, 0.3) is 0 Å². The van der Waals surface area contributed by atoms with E-state index in [1.165, 1.54) is 16.4 Å². The first kappa shape index (κ1) is 17.9. The summed E-state index contributed by atoms with van der Waals surface area (Å²) in [6.07, 6.45) is 1.90. The predicted octanol–water partition coefficient (Wildman–Crippen LogP) is 2.25. The maximum Gasteiger partial charge on any atom is 0.255 e. The molecule has 0 bridgehead atoms. The molecule has 0 aromatic heterocycles. The lowest BCUT2D eigenvalue weighted by atomic mass is 10.2. The van der Waals surface area contributed by atoms with Gasteiger partial charge in [0, 0.05) is 26.2 Å². The molecule has 2 aliphatic rings. The first-order valence-corrected chi connectivity index (χ1v) is 9.86. The van der Waals surface area contributed by atoms with Crippen molar-refractivity contribution in [2.24, 2.45) is 0 Å². The van der Waals surface area contributed by atoms with Crippen LogP contribution in [0, 0.1) is 0 Å². The standard InChI is InChI=1S/C15H18Cl2N2O4S/c1-18(10-2-3-10)15(20)11-8-14(13(17)9-12(11)16)24(21,22)19-4-6-23-7-5-19/h8-10H,2-7H2,1H3. The molecule has 24 heavy (non-hydrogen) atoms. The number of nitrogens with zero attached hydrogens (tertiary/aromatic N) is 2. The van der Waals surface area contributed by atoms with Gasteiger partial charge in [-0.1, -0.05) is 23.2 Å². The number of carbonyl (C=O) groups is 1. The lowest BCUT2D eigenvalue weighted by molar-refractivity contribution is 0.0730. The Hall–Kier alpha value is -0.860. The summed E-state index contributed by atoms with van der Waals surface area (Å²) < 4.78 is 32.2. The number of amides is 1. The number of carbonyl (C=O) groups excluding carboxylic acids is 1. The van der Waals surface area contributed by atoms with Crippen LogP contribution < -0.4 is 0 Å². The molecule has 0 unspecified atom stereocenters. The second-order valence-corrected chi connectivity index (χ2v) is 8.65. The monoisotopic (exact) mass is 392 g/mol. The van der Waals surface area contributed by atoms with E-state index in [2.05, 4.69) is 0 Å². The molecule has 2 fully saturated rings. The van der Waals surface area contributed by atoms with E-state index in [9.17, 15) is 13.2 Å². The minimum absolute atomic E-state index is 0.0112. The zero-order valence-electron chi connectivity index (χ0n) is 13.2. The van der Waals surface area contributed by atoms with Gasteiger partial charge in [0.05, 0.1) is 28.8 Å². The first-order chi connectivity index (χ1) is 11.3. The Morgan fingerprint density at radius 2 is 1.83 bits per heavy atom. The van der Waals surface area contributed by atoms with Crippen LogP contribution in [0.5, 0.6) is 0 Å². The molecule has 6 nitrogen and oxygen atoms in total. The van der Waals surface area contributed by atoms with Gasteiger partial charge in [0.15, 0.2) is 0 Å². The molecule has 0 spiro atoms. The number of ether oxygens (including phenoxy) is 1. The van der Waals surface area contributed by atoms with Crippen LogP contribution in [0.4, 0.5) is 0 Å². The van der Waals surface area contributed by atoms with Gasteiger partial charge in [0.1, 0.15) is 4.90 Å². The predicted molar refractivity (Wildman–Crippen MR) is 91.2 cm³/mol. The summed E-state index contributed by atoms with van der Waals surface area (Å²) in [7, 11) is -2.11. The van der Waals surface area contributed by atoms with Crippen molar-refractivity contribution in [2.75, 3.05) is 33.4 Å². The summed E-state index contributed by atoms with van der Waals surface area (Å²) in [6, 6.07) is 2.81. The third kappa shape index (κ3) is 3.41. The van der Waals surface area contributed by atoms with Gasteiger partial charge in [0.2, 0.25) is 10.0 Å². The summed E-state index contributed by atoms with van der Waals surface area (Å²) >= 11 is 12.3. The van der Waals surface area contributed by atoms with Gasteiger partial charge in [-0.2, -0.15) is 4.31 Å². The number of hydrogen-bond donors (Lipinski definition) is 0. The minimum Gasteiger partial charge on any atom is -0.379 e. The molecule has 1 heterocycles. The van der Waals surface area contributed by atoms with Crippen LogP contribution >= 0.6 is 23.2 Å². The molecule has 0 atom stereocenters. The average Bonchev–Trinajstić information content (AvgIpc) is 3.39. The van der Waals surface area contributed by atoms with Crippen molar-refractivity contribution in [3.63, 3.8) is 0 Å². The Kier molecular flexibility index (Phi) is 5.09. The molecule has 1 aliphatic heterocycles. The highest BCUT2D eigenvalue weighted by Crippen LogP contribution is 2.33. The minimum atomic E-state index is -3.80. The summed E-state index contributed by atoms with van der Waals surface area (Å²) in [5.74, 6) is -0.294. The van der Waals surface area contributed by atoms with Crippen molar-refractivity contribution < 1.29 is 17.9 Å². The number of morpholine rings is 1. The van der Waals surface area contributed by atoms with Gasteiger partial charge < -0.3 is 9.64 Å². The SMILES string of the molecule is CN(C(=O)c1cc(S(=O)(=O)N2CCOCC2)c(Cl)cc1Cl)C1CC1. The molecule has 132 valence electrons. The maximum absolute atomic E-state index is 12.8. The topological polar surface area (TPSA) is 66.9 Å². The highest BCUT2D eigenvalue weighted by molar-refractivity contribution is 7.89. The molecule has 1 saturated carbocycles. The number of hydrogen-bond acceptors (Lipinski definition) is 4. The molecule has 1 aliphatic carbocycles. The number of rotatable bonds is 4. The van der Waals surface area contributed by atoms with Gasteiger partial charge in [0.25, 0.3) is 5.91 Å². The van der Waals surface area contributed by atoms with Crippen molar-refractivity contribution in [1.29, 1.82) is 0 Å². The normalized spacial score (nSPS) is 19.3. The lowest BCUT2D eigenvalue weighted by Crippen LogP contribution is -2.40. The number of halogens is 2. The Balaban J connectivity index is 1.98. The third-order valence-corrected chi connectivity index (χ3v) is 6.93. The fourth-order valence-electron chi connectivity index (χ4n) is 2.63. The molecule has 1 aromatic carbocycles. The van der Waals surface area contributed by atoms with Crippen molar-refractivity contribution in [3.8, 4) is 0 Å². The van der Waals surface area contributed by atoms with E-state index >= 15 is 0 Å². The van der Waals surface area contributed by atoms with Crippen LogP contribution in [0.1, 0.15) is 23.2 Å². The number of benzene rings is 1. The van der Waals surface area contributed by atoms with Crippen molar-refractivity contribution in [1.82, 2.24) is 9.21 Å². The quantitative estimate of drug-likeness (QED) is 0.787. The van der Waals surface area contributed by atoms with E-state index in [-0.39, 0.29) is 45.5 Å². The molecule has 1 amide bonds. The van der Waals surface area contributed by atoms with E-state index in [1.807, 2.05) is 0 Å². The van der Waals surface area contributed by atoms with E-state index in [0.29, 0.717) is 13.2 Å². The summed E-state index contributed by atoms with van der Waals surface area (Å²) in [5, 5.41) is 0.163. The largest absolute Gasteiger partial charge is 0.379 e. The van der Waals surface area contributed by atoms with E-state index in [1.54, 1.807) is 11.9 Å². The second-order valence-electron chi connectivity index (χ2n) is 5.93. The fourth-order valence-corrected chi connectivity index (χ4v) is 4.87. The first-order valence-electron chi connectivity index (χ1n) is 7.66. The number of sulfonamides is 1. The van der Waals surface area contributed by atoms with Crippen LogP contribution in [0.15, 0.2) is 17.0 Å². The molecular formula is C15H18Cl2N2O4S. The zero-order chi connectivity index (χ0) is 17.5. The third-order valence-electron chi connectivity index (χ3n) is 4.25. The molecule has 1 saturated heterocycles. The molecule has 0 N–H and O–H groups in total. The molecule has 0 radical (unpaired) electrons. The van der Waals surface area contributed by atoms with Gasteiger partial charge in [-0.15, -0.1) is 0 Å². The maximum atomic E-state index is 12.8. The smallest absolute Gasteiger partial charge is 0.255 e. The van der Waals surface area contributed by atoms with Gasteiger partial charge in [-0.05, 0) is 25.0 Å². The summed E-state index contributed by atoms with van der Waals surface area (Å²) in [5.41, 5.74) is 0.155. The Bertz CT molecular complexity index is 759. The highest BCUT2D eigenvalue weighted by Gasteiger charge is 2.33. The Morgan fingerprint density at radius 1 is 1.21 bits per heavy atom. The van der Waals surface area contributed by atoms with Crippen LogP contribution in [0.2, 0.25) is 10.0 Å². The van der Waals surface area contributed by atoms with Crippen molar-refractivity contribution in [2.45, 2.75) is 23.8 Å². The highest BCUT2D eigenvalue weighted by atomic mass is 35.5. The lowest BCUT2D eigenvalue weighted by Gasteiger charge is -2.27. The van der Waals surface area contributed by atoms with E-state index < -0.39 is 10.0 Å². The van der Waals surface area contributed by atoms with Gasteiger partial charge in [-0.25, -0.2) is 8.42 Å². The molecule has 1 aromatic rings. The summed E-state index contributed by atoms with van der Waals surface area (Å²) in [6.45, 7) is 1.18. The van der Waals surface area contributed by atoms with Crippen LogP contribution in [-0.4, -0.2) is 62.9 Å². The van der Waals surface area contributed by atoms with Crippen LogP contribution in [0.3, 0.4) is 0 Å². The fraction of sp³-hybridized carbons (Fsp3) is 0.533. The van der Waals surface area contributed by atoms with Gasteiger partial charge in [-0.3, -0.25) is 4.79 Å². The second kappa shape index (κ2) is 6.80. The van der Waals surface area contributed by atoms with E-state index in [4.69, 9.17) is 27.9 Å². The Labute approximate surface area is 151 Å². The molecule has 9 heteroatoms. The Morgan fingerprint density at radius 3 is 2.42 bits per heavy atom. The van der Waals surface area contributed by atoms with E-state index in [0.717, 1.165) is 12.8 Å². The zero-order valence-corrected chi connectivity index (χ0v) is 15.5. The average molecular weight is 393 g/mol. The summed E-state index contributed by atoms with van der Waals surface area (Å²) in [4.78, 5) is 14.1. The van der Waals surface area contributed by atoms with Gasteiger partial charge >= 0.3 is 0 Å². The van der Waals surface area contributed by atoms with Crippen LogP contribution in [-0.2, 0) is 14.8 Å². The van der Waals surface area contributed by atoms with Crippen molar-refractivity contribution in [3.05, 3.63) is 27.7 Å². The molecule has 3 rings (SSSR count). The van der Waals surface area contributed by atoms with Crippen molar-refractivity contribution >= 4 is 39.1 Å². The molecular weight excluding hydrogens is 375 g/mol.